The van der Waals surface area contributed by atoms with Gasteiger partial charge in [-0.15, -0.1) is 0 Å². The Hall–Kier alpha value is -10.7. The molecule has 3 heterocycles. The highest BCUT2D eigenvalue weighted by Gasteiger charge is 2.45. The van der Waals surface area contributed by atoms with E-state index in [1.54, 1.807) is 0 Å². The van der Waals surface area contributed by atoms with Crippen LogP contribution in [0, 0.1) is 0 Å². The van der Waals surface area contributed by atoms with E-state index in [0.29, 0.717) is 0 Å². The third-order valence-electron chi connectivity index (χ3n) is 17.0. The van der Waals surface area contributed by atoms with Gasteiger partial charge in [-0.3, -0.25) is 0 Å². The number of aromatic nitrogens is 1. The average molecular weight is 1040 g/mol. The number of hydrogen-bond acceptors (Lipinski definition) is 2. The molecular weight excluding hydrogens is 990 g/mol. The molecule has 14 aromatic rings. The van der Waals surface area contributed by atoms with E-state index >= 15 is 0 Å². The lowest BCUT2D eigenvalue weighted by Gasteiger charge is -2.46. The summed E-state index contributed by atoms with van der Waals surface area (Å²) in [5, 5.41) is 2.47. The fourth-order valence-electron chi connectivity index (χ4n) is 13.4. The molecule has 0 N–H and O–H groups in total. The Bertz CT molecular complexity index is 4560. The summed E-state index contributed by atoms with van der Waals surface area (Å²) in [6, 6.07) is 117. The van der Waals surface area contributed by atoms with Crippen molar-refractivity contribution in [1.82, 2.24) is 4.57 Å². The summed E-state index contributed by atoms with van der Waals surface area (Å²) in [6.45, 7) is -0.184. The van der Waals surface area contributed by atoms with Gasteiger partial charge in [-0.05, 0) is 103 Å². The van der Waals surface area contributed by atoms with Crippen LogP contribution in [0.1, 0.15) is 0 Å². The first-order valence-corrected chi connectivity index (χ1v) is 28.4. The lowest BCUT2D eigenvalue weighted by molar-refractivity contribution is 1.17. The summed E-state index contributed by atoms with van der Waals surface area (Å²) in [7, 11) is 0. The van der Waals surface area contributed by atoms with Crippen LogP contribution in [-0.4, -0.2) is 11.3 Å². The first kappa shape index (κ1) is 47.3. The van der Waals surface area contributed by atoms with Crippen LogP contribution in [0.2, 0.25) is 0 Å². The second-order valence-corrected chi connectivity index (χ2v) is 21.5. The molecule has 0 spiro atoms. The highest BCUT2D eigenvalue weighted by molar-refractivity contribution is 7.00. The maximum absolute atomic E-state index is 2.66. The minimum atomic E-state index is -0.184. The van der Waals surface area contributed by atoms with Gasteiger partial charge in [0.05, 0.1) is 22.4 Å². The van der Waals surface area contributed by atoms with Crippen molar-refractivity contribution in [3.05, 3.63) is 315 Å². The minimum Gasteiger partial charge on any atom is -0.310 e. The summed E-state index contributed by atoms with van der Waals surface area (Å²) in [5.74, 6) is 0. The standard InChI is InChI=1S/C78H52BN3/c1-7-25-53(26-8-1)59-45-48-72-69(49-59)79-68-47-46-61(80-70-43-21-19-37-66(70)67-38-20-22-44-71(67)80)52-73(68)82(78-64(57-33-15-5-16-34-57)41-24-42-65(78)58-35-17-6-18-36-58)75-51-60(54-27-9-2-10-28-54)50-74(76(75)79)81(72)77-62(55-29-11-3-12-30-55)39-23-40-63(77)56-31-13-4-14-32-56/h1-52H. The van der Waals surface area contributed by atoms with Gasteiger partial charge in [0.2, 0.25) is 0 Å². The van der Waals surface area contributed by atoms with Crippen LogP contribution < -0.4 is 26.2 Å². The van der Waals surface area contributed by atoms with Gasteiger partial charge in [0.25, 0.3) is 6.71 Å². The summed E-state index contributed by atoms with van der Waals surface area (Å²) < 4.78 is 2.47. The van der Waals surface area contributed by atoms with Gasteiger partial charge < -0.3 is 14.4 Å². The third kappa shape index (κ3) is 7.68. The first-order chi connectivity index (χ1) is 40.7. The van der Waals surface area contributed by atoms with Gasteiger partial charge in [-0.25, -0.2) is 0 Å². The van der Waals surface area contributed by atoms with E-state index in [2.05, 4.69) is 330 Å². The predicted octanol–water partition coefficient (Wildman–Crippen LogP) is 18.9. The van der Waals surface area contributed by atoms with Gasteiger partial charge in [-0.1, -0.05) is 273 Å². The van der Waals surface area contributed by atoms with Crippen LogP contribution in [0.25, 0.3) is 94.3 Å². The predicted molar refractivity (Wildman–Crippen MR) is 347 cm³/mol. The van der Waals surface area contributed by atoms with Gasteiger partial charge in [-0.2, -0.15) is 0 Å². The van der Waals surface area contributed by atoms with Gasteiger partial charge >= 0.3 is 0 Å². The van der Waals surface area contributed by atoms with E-state index < -0.39 is 0 Å². The van der Waals surface area contributed by atoms with Crippen molar-refractivity contribution < 1.29 is 0 Å². The Labute approximate surface area is 478 Å². The number of nitrogens with zero attached hydrogens (tertiary/aromatic N) is 3. The van der Waals surface area contributed by atoms with E-state index in [1.165, 1.54) is 49.3 Å². The van der Waals surface area contributed by atoms with Crippen LogP contribution in [-0.2, 0) is 0 Å². The Morgan fingerprint density at radius 2 is 0.622 bits per heavy atom. The average Bonchev–Trinajstić information content (AvgIpc) is 3.99. The fraction of sp³-hybridized carbons (Fsp3) is 0. The maximum Gasteiger partial charge on any atom is 0.252 e. The topological polar surface area (TPSA) is 11.4 Å². The molecule has 1 aromatic heterocycles. The SMILES string of the molecule is c1ccc(-c2ccc3c(c2)B2c4ccc(-n5c6ccccc6c6ccccc65)cc4N(c4c(-c5ccccc5)cccc4-c4ccccc4)c4cc(-c5ccccc5)cc(c42)N3c2c(-c3ccccc3)cccc2-c2ccccc2)cc1. The summed E-state index contributed by atoms with van der Waals surface area (Å²) in [5.41, 5.74) is 27.8. The van der Waals surface area contributed by atoms with Gasteiger partial charge in [0, 0.05) is 61.5 Å². The van der Waals surface area contributed by atoms with Crippen LogP contribution in [0.15, 0.2) is 315 Å². The molecule has 0 unspecified atom stereocenters. The molecule has 4 heteroatoms. The molecule has 2 aliphatic rings. The van der Waals surface area contributed by atoms with Crippen LogP contribution in [0.3, 0.4) is 0 Å². The van der Waals surface area contributed by atoms with Crippen molar-refractivity contribution in [3.8, 4) is 72.4 Å². The zero-order chi connectivity index (χ0) is 54.1. The van der Waals surface area contributed by atoms with Crippen molar-refractivity contribution in [3.63, 3.8) is 0 Å². The number of anilines is 6. The second kappa shape index (κ2) is 19.6. The summed E-state index contributed by atoms with van der Waals surface area (Å²) in [6.07, 6.45) is 0. The Balaban J connectivity index is 1.09. The lowest BCUT2D eigenvalue weighted by Crippen LogP contribution is -2.61. The molecule has 0 radical (unpaired) electrons. The Morgan fingerprint density at radius 3 is 1.07 bits per heavy atom. The molecular formula is C78H52BN3. The number of para-hydroxylation sites is 4. The molecule has 0 bridgehead atoms. The summed E-state index contributed by atoms with van der Waals surface area (Å²) >= 11 is 0. The molecule has 0 fully saturated rings. The Morgan fingerprint density at radius 1 is 0.232 bits per heavy atom. The summed E-state index contributed by atoms with van der Waals surface area (Å²) in [4.78, 5) is 5.29. The molecule has 0 aliphatic carbocycles. The molecule has 0 atom stereocenters. The monoisotopic (exact) mass is 1040 g/mol. The normalized spacial score (nSPS) is 12.3. The molecule has 2 aliphatic heterocycles. The zero-order valence-electron chi connectivity index (χ0n) is 44.9. The van der Waals surface area contributed by atoms with Crippen molar-refractivity contribution in [2.45, 2.75) is 0 Å². The maximum atomic E-state index is 2.66. The van der Waals surface area contributed by atoms with Crippen molar-refractivity contribution >= 4 is 79.0 Å². The molecule has 0 amide bonds. The number of rotatable bonds is 9. The van der Waals surface area contributed by atoms with E-state index in [-0.39, 0.29) is 6.71 Å². The number of hydrogen-bond donors (Lipinski definition) is 0. The van der Waals surface area contributed by atoms with Crippen molar-refractivity contribution in [1.29, 1.82) is 0 Å². The first-order valence-electron chi connectivity index (χ1n) is 28.4. The highest BCUT2D eigenvalue weighted by Crippen LogP contribution is 2.54. The van der Waals surface area contributed by atoms with E-state index in [0.717, 1.165) is 95.4 Å². The molecule has 16 rings (SSSR count). The largest absolute Gasteiger partial charge is 0.310 e. The zero-order valence-corrected chi connectivity index (χ0v) is 44.9. The molecule has 0 saturated carbocycles. The number of benzene rings is 13. The minimum absolute atomic E-state index is 0.184. The fourth-order valence-corrected chi connectivity index (χ4v) is 13.4. The lowest BCUT2D eigenvalue weighted by atomic mass is 9.33. The smallest absolute Gasteiger partial charge is 0.252 e. The molecule has 13 aromatic carbocycles. The molecule has 382 valence electrons. The van der Waals surface area contributed by atoms with E-state index in [4.69, 9.17) is 0 Å². The Kier molecular flexibility index (Phi) is 11.3. The molecule has 3 nitrogen and oxygen atoms in total. The van der Waals surface area contributed by atoms with E-state index in [9.17, 15) is 0 Å². The van der Waals surface area contributed by atoms with E-state index in [1.807, 2.05) is 0 Å². The van der Waals surface area contributed by atoms with Crippen LogP contribution in [0.5, 0.6) is 0 Å². The van der Waals surface area contributed by atoms with Gasteiger partial charge in [0.1, 0.15) is 0 Å². The molecule has 0 saturated heterocycles. The number of fused-ring (bicyclic) bond motifs is 7. The van der Waals surface area contributed by atoms with Gasteiger partial charge in [0.15, 0.2) is 0 Å². The second-order valence-electron chi connectivity index (χ2n) is 21.5. The van der Waals surface area contributed by atoms with Crippen molar-refractivity contribution in [2.24, 2.45) is 0 Å². The highest BCUT2D eigenvalue weighted by atomic mass is 15.2. The third-order valence-corrected chi connectivity index (χ3v) is 17.0. The van der Waals surface area contributed by atoms with Crippen LogP contribution in [0.4, 0.5) is 34.1 Å². The van der Waals surface area contributed by atoms with Crippen molar-refractivity contribution in [2.75, 3.05) is 9.80 Å². The molecule has 82 heavy (non-hydrogen) atoms. The quantitative estimate of drug-likeness (QED) is 0.134. The van der Waals surface area contributed by atoms with Crippen LogP contribution >= 0.6 is 0 Å².